The van der Waals surface area contributed by atoms with Crippen LogP contribution in [0.2, 0.25) is 0 Å². The quantitative estimate of drug-likeness (QED) is 0.439. The predicted octanol–water partition coefficient (Wildman–Crippen LogP) is 3.78. The van der Waals surface area contributed by atoms with Gasteiger partial charge in [-0.2, -0.15) is 0 Å². The molecule has 0 radical (unpaired) electrons. The van der Waals surface area contributed by atoms with E-state index in [2.05, 4.69) is 36.8 Å². The van der Waals surface area contributed by atoms with Crippen molar-refractivity contribution in [2.75, 3.05) is 6.61 Å². The number of nitrogens with zero attached hydrogens (tertiary/aromatic N) is 1. The van der Waals surface area contributed by atoms with E-state index in [1.165, 1.54) is 0 Å². The number of rotatable bonds is 5. The molecule has 0 aliphatic carbocycles. The number of aromatic nitrogens is 1. The molecule has 1 aromatic heterocycles. The first kappa shape index (κ1) is 15.5. The molecule has 1 aromatic rings. The Labute approximate surface area is 120 Å². The lowest BCUT2D eigenvalue weighted by atomic mass is 10.0. The average molecular weight is 387 g/mol. The van der Waals surface area contributed by atoms with E-state index in [0.717, 1.165) is 6.20 Å². The lowest BCUT2D eigenvalue weighted by molar-refractivity contribution is -0.142. The number of carbonyl (C=O) groups excluding carboxylic acids is 1. The van der Waals surface area contributed by atoms with Crippen molar-refractivity contribution in [1.29, 1.82) is 0 Å². The Kier molecular flexibility index (Phi) is 6.14. The fraction of sp³-hybridized carbons (Fsp3) is 0.455. The van der Waals surface area contributed by atoms with Gasteiger partial charge in [0, 0.05) is 22.7 Å². The molecule has 0 aromatic carbocycles. The molecule has 1 heterocycles. The van der Waals surface area contributed by atoms with Crippen molar-refractivity contribution in [3.05, 3.63) is 27.5 Å². The second-order valence-electron chi connectivity index (χ2n) is 3.38. The number of ether oxygens (including phenoxy) is 1. The Morgan fingerprint density at radius 1 is 1.50 bits per heavy atom. The van der Waals surface area contributed by atoms with Gasteiger partial charge in [-0.15, -0.1) is 0 Å². The molecule has 0 aliphatic heterocycles. The molecule has 0 aliphatic rings. The fourth-order valence-corrected chi connectivity index (χ4v) is 2.61. The fourth-order valence-electron chi connectivity index (χ4n) is 1.46. The van der Waals surface area contributed by atoms with Crippen LogP contribution in [0, 0.1) is 0 Å². The van der Waals surface area contributed by atoms with Crippen molar-refractivity contribution in [2.45, 2.75) is 25.1 Å². The Morgan fingerprint density at radius 3 is 2.67 bits per heavy atom. The van der Waals surface area contributed by atoms with E-state index in [-0.39, 0.29) is 23.9 Å². The third kappa shape index (κ3) is 3.71. The highest BCUT2D eigenvalue weighted by Gasteiger charge is 2.20. The summed E-state index contributed by atoms with van der Waals surface area (Å²) >= 11 is 6.32. The van der Waals surface area contributed by atoms with Gasteiger partial charge in [-0.1, -0.05) is 15.9 Å². The number of esters is 1. The predicted molar refractivity (Wildman–Crippen MR) is 69.9 cm³/mol. The van der Waals surface area contributed by atoms with Gasteiger partial charge in [-0.3, -0.25) is 4.79 Å². The van der Waals surface area contributed by atoms with E-state index in [1.54, 1.807) is 6.92 Å². The highest BCUT2D eigenvalue weighted by atomic mass is 79.9. The molecule has 18 heavy (non-hydrogen) atoms. The van der Waals surface area contributed by atoms with E-state index < -0.39 is 12.4 Å². The van der Waals surface area contributed by atoms with Gasteiger partial charge in [-0.05, 0) is 28.4 Å². The molecule has 0 amide bonds. The zero-order valence-corrected chi connectivity index (χ0v) is 12.7. The van der Waals surface area contributed by atoms with Gasteiger partial charge in [0.1, 0.15) is 4.60 Å². The minimum atomic E-state index is -2.63. The number of hydrogen-bond donors (Lipinski definition) is 0. The molecule has 0 atom stereocenters. The zero-order chi connectivity index (χ0) is 13.7. The van der Waals surface area contributed by atoms with Crippen molar-refractivity contribution in [3.8, 4) is 0 Å². The lowest BCUT2D eigenvalue weighted by Crippen LogP contribution is -2.11. The number of carbonyl (C=O) groups is 1. The van der Waals surface area contributed by atoms with Gasteiger partial charge in [0.15, 0.2) is 0 Å². The SMILES string of the molecule is CCOC(=O)Cc1c(Br)ncc(C(F)F)c1CBr. The molecular weight excluding hydrogens is 376 g/mol. The van der Waals surface area contributed by atoms with Crippen LogP contribution in [0.15, 0.2) is 10.8 Å². The van der Waals surface area contributed by atoms with Crippen LogP contribution in [-0.2, 0) is 21.3 Å². The van der Waals surface area contributed by atoms with E-state index >= 15 is 0 Å². The minimum absolute atomic E-state index is 0.0804. The molecule has 100 valence electrons. The van der Waals surface area contributed by atoms with Crippen LogP contribution in [-0.4, -0.2) is 17.6 Å². The second kappa shape index (κ2) is 7.13. The van der Waals surface area contributed by atoms with Crippen LogP contribution < -0.4 is 0 Å². The first-order valence-electron chi connectivity index (χ1n) is 5.17. The minimum Gasteiger partial charge on any atom is -0.466 e. The van der Waals surface area contributed by atoms with Crippen LogP contribution in [0.4, 0.5) is 8.78 Å². The standard InChI is InChI=1S/C11H11Br2F2NO2/c1-2-18-9(17)3-6-7(4-12)8(11(14)15)5-16-10(6)13/h5,11H,2-4H2,1H3. The first-order chi connectivity index (χ1) is 8.51. The topological polar surface area (TPSA) is 39.2 Å². The first-order valence-corrected chi connectivity index (χ1v) is 7.08. The maximum atomic E-state index is 12.8. The molecule has 3 nitrogen and oxygen atoms in total. The largest absolute Gasteiger partial charge is 0.466 e. The van der Waals surface area contributed by atoms with E-state index in [9.17, 15) is 13.6 Å². The number of alkyl halides is 3. The van der Waals surface area contributed by atoms with Gasteiger partial charge in [0.2, 0.25) is 0 Å². The van der Waals surface area contributed by atoms with Gasteiger partial charge in [0.25, 0.3) is 6.43 Å². The number of hydrogen-bond acceptors (Lipinski definition) is 3. The molecule has 0 spiro atoms. The van der Waals surface area contributed by atoms with Crippen LogP contribution >= 0.6 is 31.9 Å². The Bertz CT molecular complexity index is 441. The maximum absolute atomic E-state index is 12.8. The van der Waals surface area contributed by atoms with Gasteiger partial charge < -0.3 is 4.74 Å². The Hall–Kier alpha value is -0.560. The summed E-state index contributed by atoms with van der Waals surface area (Å²) < 4.78 is 30.8. The van der Waals surface area contributed by atoms with Crippen molar-refractivity contribution in [3.63, 3.8) is 0 Å². The molecular formula is C11H11Br2F2NO2. The van der Waals surface area contributed by atoms with Crippen molar-refractivity contribution in [1.82, 2.24) is 4.98 Å². The van der Waals surface area contributed by atoms with Crippen molar-refractivity contribution >= 4 is 37.8 Å². The molecule has 0 fully saturated rings. The zero-order valence-electron chi connectivity index (χ0n) is 9.55. The molecule has 0 saturated heterocycles. The smallest absolute Gasteiger partial charge is 0.310 e. The second-order valence-corrected chi connectivity index (χ2v) is 4.69. The summed E-state index contributed by atoms with van der Waals surface area (Å²) in [6.07, 6.45) is -1.60. The highest BCUT2D eigenvalue weighted by Crippen LogP contribution is 2.30. The third-order valence-corrected chi connectivity index (χ3v) is 3.52. The number of pyridine rings is 1. The maximum Gasteiger partial charge on any atom is 0.310 e. The molecule has 0 N–H and O–H groups in total. The summed E-state index contributed by atoms with van der Waals surface area (Å²) in [4.78, 5) is 15.3. The molecule has 7 heteroatoms. The third-order valence-electron chi connectivity index (χ3n) is 2.27. The number of halogens is 4. The summed E-state index contributed by atoms with van der Waals surface area (Å²) in [6, 6.07) is 0. The van der Waals surface area contributed by atoms with Gasteiger partial charge in [-0.25, -0.2) is 13.8 Å². The monoisotopic (exact) mass is 385 g/mol. The molecule has 1 rings (SSSR count). The lowest BCUT2D eigenvalue weighted by Gasteiger charge is -2.13. The van der Waals surface area contributed by atoms with Crippen LogP contribution in [0.25, 0.3) is 0 Å². The van der Waals surface area contributed by atoms with E-state index in [0.29, 0.717) is 15.7 Å². The highest BCUT2D eigenvalue weighted by molar-refractivity contribution is 9.10. The van der Waals surface area contributed by atoms with Gasteiger partial charge in [0.05, 0.1) is 13.0 Å². The van der Waals surface area contributed by atoms with Crippen LogP contribution in [0.1, 0.15) is 30.0 Å². The van der Waals surface area contributed by atoms with Crippen LogP contribution in [0.3, 0.4) is 0 Å². The van der Waals surface area contributed by atoms with E-state index in [4.69, 9.17) is 4.74 Å². The summed E-state index contributed by atoms with van der Waals surface area (Å²) in [5.41, 5.74) is 0.637. The normalized spacial score (nSPS) is 10.8. The molecule has 0 bridgehead atoms. The van der Waals surface area contributed by atoms with E-state index in [1.807, 2.05) is 0 Å². The van der Waals surface area contributed by atoms with Crippen molar-refractivity contribution < 1.29 is 18.3 Å². The summed E-state index contributed by atoms with van der Waals surface area (Å²) in [5.74, 6) is -0.464. The van der Waals surface area contributed by atoms with Crippen LogP contribution in [0.5, 0.6) is 0 Å². The molecule has 0 unspecified atom stereocenters. The van der Waals surface area contributed by atoms with Gasteiger partial charge >= 0.3 is 5.97 Å². The summed E-state index contributed by atoms with van der Waals surface area (Å²) in [7, 11) is 0. The average Bonchev–Trinajstić information content (AvgIpc) is 2.31. The Morgan fingerprint density at radius 2 is 2.17 bits per heavy atom. The summed E-state index contributed by atoms with van der Waals surface area (Å²) in [5, 5.41) is 0.225. The Balaban J connectivity index is 3.15. The summed E-state index contributed by atoms with van der Waals surface area (Å²) in [6.45, 7) is 1.94. The molecule has 0 saturated carbocycles. The van der Waals surface area contributed by atoms with Crippen molar-refractivity contribution in [2.24, 2.45) is 0 Å².